The van der Waals surface area contributed by atoms with Crippen molar-refractivity contribution in [3.05, 3.63) is 0 Å². The number of likely N-dealkylation sites (N-methyl/N-ethyl adjacent to an activating group) is 1. The van der Waals surface area contributed by atoms with Crippen LogP contribution in [0.1, 0.15) is 13.8 Å². The summed E-state index contributed by atoms with van der Waals surface area (Å²) in [4.78, 5) is 0. The molecule has 1 saturated heterocycles. The average molecular weight is 207 g/mol. The molecule has 6 heteroatoms. The molecule has 0 aliphatic carbocycles. The van der Waals surface area contributed by atoms with Gasteiger partial charge in [0.25, 0.3) is 10.2 Å². The van der Waals surface area contributed by atoms with Crippen LogP contribution in [0.3, 0.4) is 0 Å². The monoisotopic (exact) mass is 207 g/mol. The molecule has 0 aromatic carbocycles. The Bertz CT molecular complexity index is 259. The first-order chi connectivity index (χ1) is 5.93. The van der Waals surface area contributed by atoms with E-state index in [1.54, 1.807) is 7.05 Å². The van der Waals surface area contributed by atoms with Crippen molar-refractivity contribution in [2.75, 3.05) is 20.1 Å². The molecule has 1 aliphatic heterocycles. The van der Waals surface area contributed by atoms with Gasteiger partial charge in [0.2, 0.25) is 0 Å². The lowest BCUT2D eigenvalue weighted by Gasteiger charge is -2.34. The predicted octanol–water partition coefficient (Wildman–Crippen LogP) is -0.867. The van der Waals surface area contributed by atoms with Crippen LogP contribution >= 0.6 is 0 Å². The SMILES string of the molecule is CC(C)NS(=O)(=O)N(C)C1CNC1. The topological polar surface area (TPSA) is 61.4 Å². The van der Waals surface area contributed by atoms with Gasteiger partial charge in [0.15, 0.2) is 0 Å². The normalized spacial score (nSPS) is 19.5. The largest absolute Gasteiger partial charge is 0.313 e. The van der Waals surface area contributed by atoms with Crippen LogP contribution in [-0.4, -0.2) is 44.9 Å². The Morgan fingerprint density at radius 3 is 2.31 bits per heavy atom. The maximum absolute atomic E-state index is 11.6. The van der Waals surface area contributed by atoms with Gasteiger partial charge in [-0.15, -0.1) is 0 Å². The van der Waals surface area contributed by atoms with Crippen LogP contribution in [0.15, 0.2) is 0 Å². The Labute approximate surface area is 79.7 Å². The molecule has 1 rings (SSSR count). The first kappa shape index (κ1) is 10.9. The van der Waals surface area contributed by atoms with Crippen LogP contribution < -0.4 is 10.0 Å². The minimum Gasteiger partial charge on any atom is -0.313 e. The van der Waals surface area contributed by atoms with Gasteiger partial charge in [-0.05, 0) is 13.8 Å². The van der Waals surface area contributed by atoms with E-state index in [-0.39, 0.29) is 12.1 Å². The Kier molecular flexibility index (Phi) is 3.28. The number of hydrogen-bond acceptors (Lipinski definition) is 3. The smallest absolute Gasteiger partial charge is 0.279 e. The van der Waals surface area contributed by atoms with Crippen molar-refractivity contribution < 1.29 is 8.42 Å². The molecule has 78 valence electrons. The Hall–Kier alpha value is -0.170. The van der Waals surface area contributed by atoms with Gasteiger partial charge in [-0.2, -0.15) is 17.4 Å². The van der Waals surface area contributed by atoms with E-state index in [4.69, 9.17) is 0 Å². The highest BCUT2D eigenvalue weighted by molar-refractivity contribution is 7.87. The third-order valence-corrected chi connectivity index (χ3v) is 3.86. The van der Waals surface area contributed by atoms with Gasteiger partial charge in [0, 0.05) is 26.2 Å². The van der Waals surface area contributed by atoms with Crippen molar-refractivity contribution in [3.63, 3.8) is 0 Å². The summed E-state index contributed by atoms with van der Waals surface area (Å²) in [5, 5.41) is 3.03. The van der Waals surface area contributed by atoms with E-state index in [2.05, 4.69) is 10.0 Å². The maximum Gasteiger partial charge on any atom is 0.279 e. The van der Waals surface area contributed by atoms with Crippen LogP contribution in [0.25, 0.3) is 0 Å². The number of hydrogen-bond donors (Lipinski definition) is 2. The van der Waals surface area contributed by atoms with Crippen LogP contribution in [-0.2, 0) is 10.2 Å². The third-order valence-electron chi connectivity index (χ3n) is 2.04. The number of rotatable bonds is 4. The van der Waals surface area contributed by atoms with Crippen LogP contribution in [0, 0.1) is 0 Å². The molecule has 0 spiro atoms. The third kappa shape index (κ3) is 2.63. The van der Waals surface area contributed by atoms with Gasteiger partial charge >= 0.3 is 0 Å². The fraction of sp³-hybridized carbons (Fsp3) is 1.00. The van der Waals surface area contributed by atoms with Crippen molar-refractivity contribution in [2.24, 2.45) is 0 Å². The summed E-state index contributed by atoms with van der Waals surface area (Å²) < 4.78 is 27.1. The van der Waals surface area contributed by atoms with Gasteiger partial charge in [-0.1, -0.05) is 0 Å². The minimum atomic E-state index is -3.28. The molecule has 1 heterocycles. The van der Waals surface area contributed by atoms with Crippen LogP contribution in [0.4, 0.5) is 0 Å². The second-order valence-corrected chi connectivity index (χ2v) is 5.37. The quantitative estimate of drug-likeness (QED) is 0.630. The second-order valence-electron chi connectivity index (χ2n) is 3.61. The molecule has 1 fully saturated rings. The zero-order chi connectivity index (χ0) is 10.1. The summed E-state index contributed by atoms with van der Waals surface area (Å²) in [5.74, 6) is 0. The van der Waals surface area contributed by atoms with E-state index < -0.39 is 10.2 Å². The van der Waals surface area contributed by atoms with Gasteiger partial charge in [-0.25, -0.2) is 0 Å². The van der Waals surface area contributed by atoms with Crippen LogP contribution in [0.2, 0.25) is 0 Å². The lowest BCUT2D eigenvalue weighted by molar-refractivity contribution is 0.270. The highest BCUT2D eigenvalue weighted by atomic mass is 32.2. The molecule has 0 aromatic heterocycles. The summed E-state index contributed by atoms with van der Waals surface area (Å²) in [6.07, 6.45) is 0. The summed E-state index contributed by atoms with van der Waals surface area (Å²) >= 11 is 0. The van der Waals surface area contributed by atoms with Gasteiger partial charge in [0.05, 0.1) is 6.04 Å². The first-order valence-electron chi connectivity index (χ1n) is 4.39. The van der Waals surface area contributed by atoms with E-state index in [1.807, 2.05) is 13.8 Å². The zero-order valence-electron chi connectivity index (χ0n) is 8.24. The zero-order valence-corrected chi connectivity index (χ0v) is 9.06. The molecule has 0 amide bonds. The lowest BCUT2D eigenvalue weighted by Crippen LogP contribution is -2.59. The van der Waals surface area contributed by atoms with E-state index >= 15 is 0 Å². The lowest BCUT2D eigenvalue weighted by atomic mass is 10.2. The molecular formula is C7H17N3O2S. The standard InChI is InChI=1S/C7H17N3O2S/c1-6(2)9-13(11,12)10(3)7-4-8-5-7/h6-9H,4-5H2,1-3H3. The van der Waals surface area contributed by atoms with E-state index in [0.717, 1.165) is 13.1 Å². The molecule has 0 unspecified atom stereocenters. The second kappa shape index (κ2) is 3.91. The van der Waals surface area contributed by atoms with Gasteiger partial charge < -0.3 is 5.32 Å². The van der Waals surface area contributed by atoms with Gasteiger partial charge in [-0.3, -0.25) is 0 Å². The molecule has 1 aliphatic rings. The summed E-state index contributed by atoms with van der Waals surface area (Å²) in [6, 6.07) is 0.0525. The number of nitrogens with one attached hydrogen (secondary N) is 2. The predicted molar refractivity (Wildman–Crippen MR) is 51.6 cm³/mol. The molecular weight excluding hydrogens is 190 g/mol. The highest BCUT2D eigenvalue weighted by Gasteiger charge is 2.30. The summed E-state index contributed by atoms with van der Waals surface area (Å²) in [6.45, 7) is 5.11. The molecule has 0 aromatic rings. The highest BCUT2D eigenvalue weighted by Crippen LogP contribution is 2.06. The summed E-state index contributed by atoms with van der Waals surface area (Å²) in [5.41, 5.74) is 0. The summed E-state index contributed by atoms with van der Waals surface area (Å²) in [7, 11) is -1.67. The van der Waals surface area contributed by atoms with Crippen molar-refractivity contribution in [1.29, 1.82) is 0 Å². The van der Waals surface area contributed by atoms with E-state index in [9.17, 15) is 8.42 Å². The van der Waals surface area contributed by atoms with Crippen molar-refractivity contribution in [2.45, 2.75) is 25.9 Å². The minimum absolute atomic E-state index is 0.0551. The maximum atomic E-state index is 11.6. The Morgan fingerprint density at radius 2 is 2.00 bits per heavy atom. The van der Waals surface area contributed by atoms with Crippen LogP contribution in [0.5, 0.6) is 0 Å². The molecule has 2 N–H and O–H groups in total. The average Bonchev–Trinajstić information content (AvgIpc) is 1.79. The van der Waals surface area contributed by atoms with E-state index in [0.29, 0.717) is 0 Å². The molecule has 0 saturated carbocycles. The fourth-order valence-corrected chi connectivity index (χ4v) is 2.41. The van der Waals surface area contributed by atoms with Crippen molar-refractivity contribution in [3.8, 4) is 0 Å². The fourth-order valence-electron chi connectivity index (χ4n) is 1.11. The molecule has 13 heavy (non-hydrogen) atoms. The van der Waals surface area contributed by atoms with Crippen molar-refractivity contribution in [1.82, 2.24) is 14.3 Å². The Balaban J connectivity index is 2.57. The molecule has 5 nitrogen and oxygen atoms in total. The Morgan fingerprint density at radius 1 is 1.46 bits per heavy atom. The van der Waals surface area contributed by atoms with Crippen molar-refractivity contribution >= 4 is 10.2 Å². The van der Waals surface area contributed by atoms with E-state index in [1.165, 1.54) is 4.31 Å². The van der Waals surface area contributed by atoms with Gasteiger partial charge in [0.1, 0.15) is 0 Å². The molecule has 0 atom stereocenters. The number of nitrogens with zero attached hydrogens (tertiary/aromatic N) is 1. The molecule has 0 bridgehead atoms. The first-order valence-corrected chi connectivity index (χ1v) is 5.83. The molecule has 0 radical (unpaired) electrons.